The largest absolute Gasteiger partial charge is 0.393 e. The fraction of sp³-hybridized carbons (Fsp3) is 0.500. The zero-order chi connectivity index (χ0) is 13.4. The van der Waals surface area contributed by atoms with Crippen LogP contribution in [-0.4, -0.2) is 37.6 Å². The number of halogens is 2. The summed E-state index contributed by atoms with van der Waals surface area (Å²) in [5.41, 5.74) is 2.72. The molecule has 1 aromatic carbocycles. The van der Waals surface area contributed by atoms with Gasteiger partial charge in [-0.1, -0.05) is 0 Å². The third-order valence-electron chi connectivity index (χ3n) is 3.45. The third kappa shape index (κ3) is 1.77. The molecule has 0 aromatic heterocycles. The molecule has 18 heavy (non-hydrogen) atoms. The number of aliphatic hydroxyl groups is 1. The minimum absolute atomic E-state index is 0.00315. The number of rotatable bonds is 3. The van der Waals surface area contributed by atoms with Crippen molar-refractivity contribution in [2.24, 2.45) is 5.73 Å². The van der Waals surface area contributed by atoms with E-state index in [9.17, 15) is 8.78 Å². The number of anilines is 1. The molecule has 6 heteroatoms. The topological polar surface area (TPSA) is 67.5 Å². The predicted molar refractivity (Wildman–Crippen MR) is 63.6 cm³/mol. The Balaban J connectivity index is 2.53. The van der Waals surface area contributed by atoms with Crippen LogP contribution in [0.3, 0.4) is 0 Å². The number of nitrogens with one attached hydrogen (secondary N) is 1. The molecule has 1 aliphatic heterocycles. The quantitative estimate of drug-likeness (QED) is 0.748. The van der Waals surface area contributed by atoms with Crippen molar-refractivity contribution >= 4 is 5.69 Å². The molecule has 1 heterocycles. The average molecular weight is 258 g/mol. The Kier molecular flexibility index (Phi) is 3.27. The molecule has 2 unspecified atom stereocenters. The van der Waals surface area contributed by atoms with Gasteiger partial charge in [0.15, 0.2) is 5.67 Å². The normalized spacial score (nSPS) is 31.6. The molecule has 2 atom stereocenters. The maximum Gasteiger partial charge on any atom is 0.181 e. The van der Waals surface area contributed by atoms with Crippen LogP contribution >= 0.6 is 0 Å². The van der Waals surface area contributed by atoms with Crippen LogP contribution < -0.4 is 11.1 Å². The summed E-state index contributed by atoms with van der Waals surface area (Å²) in [5, 5.41) is 12.0. The van der Waals surface area contributed by atoms with Crippen molar-refractivity contribution in [3.05, 3.63) is 29.6 Å². The van der Waals surface area contributed by atoms with Gasteiger partial charge in [-0.25, -0.2) is 8.78 Å². The predicted octanol–water partition coefficient (Wildman–Crippen LogP) is 0.752. The lowest BCUT2D eigenvalue weighted by molar-refractivity contribution is 0.0200. The van der Waals surface area contributed by atoms with Crippen LogP contribution in [0.15, 0.2) is 18.2 Å². The van der Waals surface area contributed by atoms with E-state index in [1.807, 2.05) is 0 Å². The van der Waals surface area contributed by atoms with Gasteiger partial charge < -0.3 is 20.9 Å². The number of hydrogen-bond acceptors (Lipinski definition) is 4. The van der Waals surface area contributed by atoms with E-state index in [1.54, 1.807) is 7.05 Å². The number of ether oxygens (including phenoxy) is 1. The first-order valence-corrected chi connectivity index (χ1v) is 5.61. The van der Waals surface area contributed by atoms with Crippen LogP contribution in [0.4, 0.5) is 14.5 Å². The maximum atomic E-state index is 14.5. The highest BCUT2D eigenvalue weighted by molar-refractivity contribution is 5.49. The lowest BCUT2D eigenvalue weighted by Gasteiger charge is -2.34. The van der Waals surface area contributed by atoms with Crippen LogP contribution in [0.25, 0.3) is 0 Å². The Bertz CT molecular complexity index is 458. The highest BCUT2D eigenvalue weighted by Gasteiger charge is 2.56. The third-order valence-corrected chi connectivity index (χ3v) is 3.45. The summed E-state index contributed by atoms with van der Waals surface area (Å²) in [7, 11) is 1.67. The van der Waals surface area contributed by atoms with Crippen LogP contribution in [0.5, 0.6) is 0 Å². The highest BCUT2D eigenvalue weighted by atomic mass is 19.1. The number of nitrogens with two attached hydrogens (primary N) is 1. The van der Waals surface area contributed by atoms with Gasteiger partial charge in [-0.05, 0) is 18.2 Å². The Hall–Kier alpha value is -1.24. The molecular formula is C12H16F2N2O2. The minimum atomic E-state index is -2.18. The second-order valence-corrected chi connectivity index (χ2v) is 4.53. The Morgan fingerprint density at radius 3 is 2.83 bits per heavy atom. The summed E-state index contributed by atoms with van der Waals surface area (Å²) in [6, 6.07) is 4.18. The number of aliphatic hydroxyl groups excluding tert-OH is 1. The summed E-state index contributed by atoms with van der Waals surface area (Å²) < 4.78 is 33.4. The van der Waals surface area contributed by atoms with Gasteiger partial charge in [0.1, 0.15) is 11.4 Å². The van der Waals surface area contributed by atoms with E-state index in [4.69, 9.17) is 15.6 Å². The molecule has 1 saturated heterocycles. The minimum Gasteiger partial charge on any atom is -0.393 e. The van der Waals surface area contributed by atoms with E-state index >= 15 is 0 Å². The fourth-order valence-corrected chi connectivity index (χ4v) is 2.16. The van der Waals surface area contributed by atoms with E-state index in [0.29, 0.717) is 5.69 Å². The Labute approximate surface area is 104 Å². The standard InChI is InChI=1S/C12H16F2N2O2/c1-16-8-2-3-10(13)9(4-8)12(15)7-18-6-11(12,14)5-17/h2-4,16-17H,5-7,15H2,1H3. The Morgan fingerprint density at radius 1 is 1.50 bits per heavy atom. The molecule has 0 radical (unpaired) electrons. The SMILES string of the molecule is CNc1ccc(F)c(C2(N)COCC2(F)CO)c1. The van der Waals surface area contributed by atoms with Crippen molar-refractivity contribution in [3.63, 3.8) is 0 Å². The zero-order valence-electron chi connectivity index (χ0n) is 10.0. The van der Waals surface area contributed by atoms with Crippen molar-refractivity contribution in [1.82, 2.24) is 0 Å². The second-order valence-electron chi connectivity index (χ2n) is 4.53. The second kappa shape index (κ2) is 4.46. The van der Waals surface area contributed by atoms with Crippen molar-refractivity contribution in [2.75, 3.05) is 32.2 Å². The summed E-state index contributed by atoms with van der Waals surface area (Å²) in [5.74, 6) is -0.613. The molecule has 0 aliphatic carbocycles. The summed E-state index contributed by atoms with van der Waals surface area (Å²) in [4.78, 5) is 0. The van der Waals surface area contributed by atoms with E-state index in [0.717, 1.165) is 0 Å². The van der Waals surface area contributed by atoms with Crippen LogP contribution in [0.2, 0.25) is 0 Å². The van der Waals surface area contributed by atoms with Crippen LogP contribution in [0.1, 0.15) is 5.56 Å². The van der Waals surface area contributed by atoms with Gasteiger partial charge in [-0.3, -0.25) is 0 Å². The molecule has 1 aliphatic rings. The van der Waals surface area contributed by atoms with Crippen molar-refractivity contribution in [2.45, 2.75) is 11.2 Å². The van der Waals surface area contributed by atoms with Gasteiger partial charge in [0, 0.05) is 18.3 Å². The highest BCUT2D eigenvalue weighted by Crippen LogP contribution is 2.41. The molecule has 0 saturated carbocycles. The number of hydrogen-bond donors (Lipinski definition) is 3. The first kappa shape index (κ1) is 13.2. The molecule has 1 aromatic rings. The molecule has 1 fully saturated rings. The van der Waals surface area contributed by atoms with Crippen molar-refractivity contribution < 1.29 is 18.6 Å². The van der Waals surface area contributed by atoms with E-state index in [-0.39, 0.29) is 18.8 Å². The molecular weight excluding hydrogens is 242 g/mol. The smallest absolute Gasteiger partial charge is 0.181 e. The van der Waals surface area contributed by atoms with Gasteiger partial charge in [-0.2, -0.15) is 0 Å². The van der Waals surface area contributed by atoms with E-state index in [2.05, 4.69) is 5.32 Å². The molecule has 4 N–H and O–H groups in total. The van der Waals surface area contributed by atoms with Gasteiger partial charge >= 0.3 is 0 Å². The first-order chi connectivity index (χ1) is 8.47. The van der Waals surface area contributed by atoms with Gasteiger partial charge in [0.05, 0.1) is 19.8 Å². The fourth-order valence-electron chi connectivity index (χ4n) is 2.16. The molecule has 0 amide bonds. The number of alkyl halides is 1. The van der Waals surface area contributed by atoms with Crippen LogP contribution in [0, 0.1) is 5.82 Å². The van der Waals surface area contributed by atoms with Gasteiger partial charge in [0.25, 0.3) is 0 Å². The van der Waals surface area contributed by atoms with E-state index in [1.165, 1.54) is 18.2 Å². The van der Waals surface area contributed by atoms with Crippen molar-refractivity contribution in [1.29, 1.82) is 0 Å². The maximum absolute atomic E-state index is 14.5. The van der Waals surface area contributed by atoms with Crippen LogP contribution in [-0.2, 0) is 10.3 Å². The lowest BCUT2D eigenvalue weighted by Crippen LogP contribution is -2.57. The van der Waals surface area contributed by atoms with Gasteiger partial charge in [0.2, 0.25) is 0 Å². The molecule has 4 nitrogen and oxygen atoms in total. The summed E-state index contributed by atoms with van der Waals surface area (Å²) in [6.45, 7) is -1.33. The molecule has 0 spiro atoms. The Morgan fingerprint density at radius 2 is 2.22 bits per heavy atom. The summed E-state index contributed by atoms with van der Waals surface area (Å²) >= 11 is 0. The molecule has 2 rings (SSSR count). The molecule has 100 valence electrons. The average Bonchev–Trinajstić information content (AvgIpc) is 2.68. The van der Waals surface area contributed by atoms with Crippen molar-refractivity contribution in [3.8, 4) is 0 Å². The lowest BCUT2D eigenvalue weighted by atomic mass is 9.79. The van der Waals surface area contributed by atoms with Gasteiger partial charge in [-0.15, -0.1) is 0 Å². The molecule has 0 bridgehead atoms. The first-order valence-electron chi connectivity index (χ1n) is 5.61. The summed E-state index contributed by atoms with van der Waals surface area (Å²) in [6.07, 6.45) is 0. The van der Waals surface area contributed by atoms with E-state index < -0.39 is 23.6 Å². The number of benzene rings is 1. The zero-order valence-corrected chi connectivity index (χ0v) is 10.0. The monoisotopic (exact) mass is 258 g/mol.